The maximum atomic E-state index is 14.3. The topological polar surface area (TPSA) is 104 Å². The van der Waals surface area contributed by atoms with E-state index in [0.717, 1.165) is 38.3 Å². The number of hydrogen-bond donors (Lipinski definition) is 2. The molecule has 0 unspecified atom stereocenters. The molecule has 2 amide bonds. The number of likely N-dealkylation sites (N-methyl/N-ethyl adjacent to an activating group) is 1. The summed E-state index contributed by atoms with van der Waals surface area (Å²) < 4.78 is 12.8. The molecule has 0 radical (unpaired) electrons. The van der Waals surface area contributed by atoms with Gasteiger partial charge in [0.1, 0.15) is 5.75 Å². The second-order valence-electron chi connectivity index (χ2n) is 12.9. The van der Waals surface area contributed by atoms with Crippen molar-refractivity contribution < 1.29 is 24.2 Å². The summed E-state index contributed by atoms with van der Waals surface area (Å²) in [6.07, 6.45) is 12.3. The Bertz CT molecular complexity index is 1190. The highest BCUT2D eigenvalue weighted by molar-refractivity contribution is 6.05. The number of hydrogen-bond acceptors (Lipinski definition) is 7. The number of benzene rings is 1. The minimum absolute atomic E-state index is 0.0302. The molecule has 0 bridgehead atoms. The van der Waals surface area contributed by atoms with E-state index in [0.29, 0.717) is 35.7 Å². The van der Waals surface area contributed by atoms with E-state index in [4.69, 9.17) is 9.47 Å². The fraction of sp³-hybridized carbons (Fsp3) is 0.629. The Morgan fingerprint density at radius 3 is 2.52 bits per heavy atom. The van der Waals surface area contributed by atoms with E-state index in [1.54, 1.807) is 47.6 Å². The molecule has 2 N–H and O–H groups in total. The van der Waals surface area contributed by atoms with E-state index in [1.807, 2.05) is 13.8 Å². The number of fused-ring (bicyclic) bond motifs is 1. The van der Waals surface area contributed by atoms with Crippen LogP contribution in [0.1, 0.15) is 92.9 Å². The van der Waals surface area contributed by atoms with Crippen molar-refractivity contribution in [2.45, 2.75) is 90.4 Å². The van der Waals surface area contributed by atoms with Gasteiger partial charge < -0.3 is 29.7 Å². The fourth-order valence-electron chi connectivity index (χ4n) is 6.36. The number of rotatable bonds is 8. The number of nitrogens with one attached hydrogen (secondary N) is 1. The number of amides is 2. The Morgan fingerprint density at radius 2 is 1.80 bits per heavy atom. The second-order valence-corrected chi connectivity index (χ2v) is 12.9. The first-order chi connectivity index (χ1) is 21.2. The lowest BCUT2D eigenvalue weighted by atomic mass is 9.89. The van der Waals surface area contributed by atoms with Crippen molar-refractivity contribution in [1.29, 1.82) is 0 Å². The van der Waals surface area contributed by atoms with E-state index >= 15 is 0 Å². The summed E-state index contributed by atoms with van der Waals surface area (Å²) in [7, 11) is 2.19. The van der Waals surface area contributed by atoms with Gasteiger partial charge in [0.05, 0.1) is 30.4 Å². The summed E-state index contributed by atoms with van der Waals surface area (Å²) in [6, 6.07) is 8.07. The zero-order valence-corrected chi connectivity index (χ0v) is 27.0. The maximum Gasteiger partial charge on any atom is 0.258 e. The lowest BCUT2D eigenvalue weighted by Gasteiger charge is -2.36. The standard InChI is InChI=1S/C35H52N4O5/c1-25-21-39(26(2)24-40)35(42)31-20-30(37-34(41)29-15-17-36-18-16-29)13-14-32(31)44-27(3)10-8-9-19-43-33(25)23-38(4)22-28-11-6-5-7-12-28/h13-18,20,25-28,33,40H,5-12,19,21-24H2,1-4H3,(H,37,41)/t25-,26+,27-,33-/m0/s1. The first kappa shape index (κ1) is 33.9. The number of aliphatic hydroxyl groups excluding tert-OH is 1. The van der Waals surface area contributed by atoms with Crippen LogP contribution in [0.2, 0.25) is 0 Å². The van der Waals surface area contributed by atoms with Crippen LogP contribution in [0.4, 0.5) is 5.69 Å². The van der Waals surface area contributed by atoms with E-state index in [1.165, 1.54) is 32.1 Å². The zero-order chi connectivity index (χ0) is 31.5. The van der Waals surface area contributed by atoms with Gasteiger partial charge in [0.2, 0.25) is 0 Å². The molecule has 1 aromatic heterocycles. The van der Waals surface area contributed by atoms with Gasteiger partial charge in [-0.25, -0.2) is 0 Å². The third kappa shape index (κ3) is 9.74. The maximum absolute atomic E-state index is 14.3. The molecule has 2 aliphatic rings. The van der Waals surface area contributed by atoms with Crippen LogP contribution >= 0.6 is 0 Å². The predicted octanol–water partition coefficient (Wildman–Crippen LogP) is 5.64. The number of anilines is 1. The molecule has 1 fully saturated rings. The molecule has 242 valence electrons. The minimum atomic E-state index is -0.418. The van der Waals surface area contributed by atoms with Crippen LogP contribution < -0.4 is 10.1 Å². The first-order valence-corrected chi connectivity index (χ1v) is 16.5. The largest absolute Gasteiger partial charge is 0.490 e. The van der Waals surface area contributed by atoms with Gasteiger partial charge >= 0.3 is 0 Å². The third-order valence-electron chi connectivity index (χ3n) is 9.04. The summed E-state index contributed by atoms with van der Waals surface area (Å²) in [6.45, 7) is 8.80. The van der Waals surface area contributed by atoms with Crippen LogP contribution in [-0.4, -0.2) is 89.9 Å². The molecular weight excluding hydrogens is 556 g/mol. The van der Waals surface area contributed by atoms with Crippen molar-refractivity contribution in [3.63, 3.8) is 0 Å². The van der Waals surface area contributed by atoms with Crippen molar-refractivity contribution in [1.82, 2.24) is 14.8 Å². The lowest BCUT2D eigenvalue weighted by molar-refractivity contribution is -0.0190. The van der Waals surface area contributed by atoms with Gasteiger partial charge in [-0.05, 0) is 89.2 Å². The van der Waals surface area contributed by atoms with Gasteiger partial charge in [-0.3, -0.25) is 14.6 Å². The predicted molar refractivity (Wildman–Crippen MR) is 173 cm³/mol. The molecule has 4 atom stereocenters. The van der Waals surface area contributed by atoms with E-state index in [-0.39, 0.29) is 36.5 Å². The second kappa shape index (κ2) is 16.9. The molecule has 2 aromatic rings. The van der Waals surface area contributed by atoms with Gasteiger partial charge in [-0.1, -0.05) is 26.2 Å². The van der Waals surface area contributed by atoms with Crippen molar-refractivity contribution in [3.8, 4) is 5.75 Å². The van der Waals surface area contributed by atoms with Gasteiger partial charge in [0.15, 0.2) is 0 Å². The molecule has 9 heteroatoms. The number of carbonyl (C=O) groups is 2. The summed E-state index contributed by atoms with van der Waals surface area (Å²) in [5, 5.41) is 13.1. The third-order valence-corrected chi connectivity index (χ3v) is 9.04. The molecule has 4 rings (SSSR count). The molecule has 1 aromatic carbocycles. The number of pyridine rings is 1. The highest BCUT2D eigenvalue weighted by Gasteiger charge is 2.31. The highest BCUT2D eigenvalue weighted by atomic mass is 16.5. The molecule has 1 saturated carbocycles. The SMILES string of the molecule is C[C@H](CO)N1C[C@H](C)[C@H](CN(C)CC2CCCCC2)OCCCC[C@H](C)Oc2ccc(NC(=O)c3ccncc3)cc2C1=O. The van der Waals surface area contributed by atoms with Gasteiger partial charge in [-0.2, -0.15) is 0 Å². The average molecular weight is 609 g/mol. The summed E-state index contributed by atoms with van der Waals surface area (Å²) in [5.74, 6) is 0.710. The van der Waals surface area contributed by atoms with Gasteiger partial charge in [0.25, 0.3) is 11.8 Å². The molecule has 0 spiro atoms. The molecule has 1 aliphatic carbocycles. The van der Waals surface area contributed by atoms with Crippen LogP contribution in [0.25, 0.3) is 0 Å². The highest BCUT2D eigenvalue weighted by Crippen LogP contribution is 2.29. The Kier molecular flexibility index (Phi) is 13.0. The average Bonchev–Trinajstić information content (AvgIpc) is 3.03. The van der Waals surface area contributed by atoms with E-state index in [2.05, 4.69) is 29.2 Å². The van der Waals surface area contributed by atoms with Crippen molar-refractivity contribution >= 4 is 17.5 Å². The van der Waals surface area contributed by atoms with Crippen LogP contribution in [-0.2, 0) is 4.74 Å². The molecule has 9 nitrogen and oxygen atoms in total. The normalized spacial score (nSPS) is 23.4. The Hall–Kier alpha value is -3.01. The summed E-state index contributed by atoms with van der Waals surface area (Å²) in [5.41, 5.74) is 1.33. The zero-order valence-electron chi connectivity index (χ0n) is 27.0. The molecule has 2 heterocycles. The quantitative estimate of drug-likeness (QED) is 0.400. The molecule has 44 heavy (non-hydrogen) atoms. The van der Waals surface area contributed by atoms with Crippen LogP contribution in [0.3, 0.4) is 0 Å². The Morgan fingerprint density at radius 1 is 1.07 bits per heavy atom. The monoisotopic (exact) mass is 608 g/mol. The van der Waals surface area contributed by atoms with Gasteiger partial charge in [0, 0.05) is 55.8 Å². The van der Waals surface area contributed by atoms with Crippen molar-refractivity contribution in [2.75, 3.05) is 45.2 Å². The number of nitrogens with zero attached hydrogens (tertiary/aromatic N) is 3. The van der Waals surface area contributed by atoms with Crippen LogP contribution in [0, 0.1) is 11.8 Å². The van der Waals surface area contributed by atoms with E-state index < -0.39 is 6.04 Å². The Labute approximate surface area is 263 Å². The minimum Gasteiger partial charge on any atom is -0.490 e. The number of ether oxygens (including phenoxy) is 2. The summed E-state index contributed by atoms with van der Waals surface area (Å²) in [4.78, 5) is 35.3. The van der Waals surface area contributed by atoms with Crippen molar-refractivity contribution in [3.05, 3.63) is 53.9 Å². The summed E-state index contributed by atoms with van der Waals surface area (Å²) >= 11 is 0. The molecule has 0 saturated heterocycles. The number of aromatic nitrogens is 1. The van der Waals surface area contributed by atoms with Crippen LogP contribution in [0.15, 0.2) is 42.7 Å². The van der Waals surface area contributed by atoms with Crippen molar-refractivity contribution in [2.24, 2.45) is 11.8 Å². The fourth-order valence-corrected chi connectivity index (χ4v) is 6.36. The first-order valence-electron chi connectivity index (χ1n) is 16.5. The number of aliphatic hydroxyl groups is 1. The molecule has 1 aliphatic heterocycles. The Balaban J connectivity index is 1.59. The number of carbonyl (C=O) groups excluding carboxylic acids is 2. The smallest absolute Gasteiger partial charge is 0.258 e. The van der Waals surface area contributed by atoms with Crippen LogP contribution in [0.5, 0.6) is 5.75 Å². The lowest BCUT2D eigenvalue weighted by Crippen LogP contribution is -2.47. The molecular formula is C35H52N4O5. The van der Waals surface area contributed by atoms with E-state index in [9.17, 15) is 14.7 Å². The van der Waals surface area contributed by atoms with Gasteiger partial charge in [-0.15, -0.1) is 0 Å².